The van der Waals surface area contributed by atoms with Crippen LogP contribution < -0.4 is 11.2 Å². The van der Waals surface area contributed by atoms with Gasteiger partial charge in [0.15, 0.2) is 11.1 Å². The van der Waals surface area contributed by atoms with Gasteiger partial charge in [-0.15, -0.1) is 12.4 Å². The van der Waals surface area contributed by atoms with Gasteiger partial charge in [0.05, 0.1) is 0 Å². The first-order chi connectivity index (χ1) is 10.2. The molecule has 0 aromatic carbocycles. The molecular weight excluding hydrogens is 324 g/mol. The van der Waals surface area contributed by atoms with E-state index in [9.17, 15) is 9.59 Å². The number of aromatic nitrogens is 3. The van der Waals surface area contributed by atoms with Crippen LogP contribution in [0.15, 0.2) is 17.2 Å². The van der Waals surface area contributed by atoms with Crippen LogP contribution in [0.25, 0.3) is 5.65 Å². The normalized spacial score (nSPS) is 9.91. The first-order valence-electron chi connectivity index (χ1n) is 6.81. The number of nitrogens with one attached hydrogen (secondary N) is 1. The Morgan fingerprint density at radius 3 is 2.48 bits per heavy atom. The number of carboxylic acids is 1. The molecule has 0 radical (unpaired) electrons. The van der Waals surface area contributed by atoms with E-state index in [0.29, 0.717) is 11.6 Å². The van der Waals surface area contributed by atoms with E-state index in [-0.39, 0.29) is 23.4 Å². The third-order valence-electron chi connectivity index (χ3n) is 2.86. The number of aryl methyl sites for hydroxylation is 1. The van der Waals surface area contributed by atoms with Gasteiger partial charge >= 0.3 is 0 Å². The summed E-state index contributed by atoms with van der Waals surface area (Å²) < 4.78 is 1.64. The number of pyridine rings is 1. The van der Waals surface area contributed by atoms with Crippen LogP contribution in [0.2, 0.25) is 0 Å². The van der Waals surface area contributed by atoms with Gasteiger partial charge in [-0.05, 0) is 18.8 Å². The molecule has 2 heterocycles. The predicted molar refractivity (Wildman–Crippen MR) is 88.0 cm³/mol. The second-order valence-corrected chi connectivity index (χ2v) is 5.24. The summed E-state index contributed by atoms with van der Waals surface area (Å²) in [6.45, 7) is 5.31. The lowest BCUT2D eigenvalue weighted by Crippen LogP contribution is -2.24. The summed E-state index contributed by atoms with van der Waals surface area (Å²) in [4.78, 5) is 36.1. The fourth-order valence-electron chi connectivity index (χ4n) is 1.91. The topological polar surface area (TPSA) is 131 Å². The van der Waals surface area contributed by atoms with Crippen LogP contribution in [0.3, 0.4) is 0 Å². The average Bonchev–Trinajstić information content (AvgIpc) is 2.83. The molecule has 0 spiro atoms. The summed E-state index contributed by atoms with van der Waals surface area (Å²) in [7, 11) is 0. The van der Waals surface area contributed by atoms with Crippen molar-refractivity contribution in [3.8, 4) is 0 Å². The number of nitrogens with two attached hydrogens (primary N) is 1. The zero-order valence-electron chi connectivity index (χ0n) is 13.2. The predicted octanol–water partition coefficient (Wildman–Crippen LogP) is 1.22. The molecule has 0 unspecified atom stereocenters. The van der Waals surface area contributed by atoms with E-state index < -0.39 is 11.9 Å². The Morgan fingerprint density at radius 2 is 2.00 bits per heavy atom. The molecule has 0 aliphatic heterocycles. The lowest BCUT2D eigenvalue weighted by Gasteiger charge is -2.08. The smallest absolute Gasteiger partial charge is 0.300 e. The first kappa shape index (κ1) is 20.6. The number of aromatic amines is 1. The molecule has 0 saturated heterocycles. The summed E-state index contributed by atoms with van der Waals surface area (Å²) >= 11 is 0. The van der Waals surface area contributed by atoms with Crippen molar-refractivity contribution in [3.05, 3.63) is 33.9 Å². The fraction of sp³-hybridized carbons (Fsp3) is 0.429. The minimum Gasteiger partial charge on any atom is -0.481 e. The fourth-order valence-corrected chi connectivity index (χ4v) is 1.91. The summed E-state index contributed by atoms with van der Waals surface area (Å²) in [5.74, 6) is -1.05. The monoisotopic (exact) mass is 344 g/mol. The van der Waals surface area contributed by atoms with Crippen LogP contribution in [0.5, 0.6) is 0 Å². The second kappa shape index (κ2) is 8.94. The van der Waals surface area contributed by atoms with Gasteiger partial charge in [-0.1, -0.05) is 13.8 Å². The molecule has 2 aromatic rings. The molecule has 8 nitrogen and oxygen atoms in total. The first-order valence-corrected chi connectivity index (χ1v) is 6.81. The number of carbonyl (C=O) groups excluding carboxylic acids is 1. The van der Waals surface area contributed by atoms with Crippen molar-refractivity contribution in [3.63, 3.8) is 0 Å². The second-order valence-electron chi connectivity index (χ2n) is 5.24. The van der Waals surface area contributed by atoms with Gasteiger partial charge in [-0.2, -0.15) is 0 Å². The summed E-state index contributed by atoms with van der Waals surface area (Å²) in [6.07, 6.45) is 3.14. The van der Waals surface area contributed by atoms with Crippen molar-refractivity contribution in [1.29, 1.82) is 0 Å². The largest absolute Gasteiger partial charge is 0.481 e. The van der Waals surface area contributed by atoms with E-state index >= 15 is 0 Å². The maximum Gasteiger partial charge on any atom is 0.300 e. The Balaban J connectivity index is 0.000000871. The molecular formula is C14H21ClN4O4. The zero-order valence-corrected chi connectivity index (χ0v) is 14.0. The van der Waals surface area contributed by atoms with Crippen LogP contribution in [-0.2, 0) is 11.2 Å². The van der Waals surface area contributed by atoms with Crippen molar-refractivity contribution in [1.82, 2.24) is 14.6 Å². The zero-order chi connectivity index (χ0) is 16.9. The molecule has 0 fully saturated rings. The van der Waals surface area contributed by atoms with Crippen LogP contribution in [0, 0.1) is 5.92 Å². The number of aliphatic carboxylic acids is 1. The van der Waals surface area contributed by atoms with Gasteiger partial charge in [0.25, 0.3) is 11.9 Å². The number of halogens is 1. The van der Waals surface area contributed by atoms with E-state index in [1.165, 1.54) is 12.4 Å². The molecule has 0 bridgehead atoms. The number of amides is 1. The SMILES string of the molecule is CC(=O)O.CC(C)CCc1cc(=O)c(C(N)=O)c2nc[nH]n12.Cl. The van der Waals surface area contributed by atoms with Crippen molar-refractivity contribution < 1.29 is 14.7 Å². The molecule has 2 rings (SSSR count). The maximum absolute atomic E-state index is 11.9. The minimum absolute atomic E-state index is 0. The molecule has 2 aromatic heterocycles. The Bertz CT molecular complexity index is 732. The number of hydrogen-bond acceptors (Lipinski definition) is 4. The lowest BCUT2D eigenvalue weighted by molar-refractivity contribution is -0.134. The van der Waals surface area contributed by atoms with E-state index in [1.54, 1.807) is 4.52 Å². The summed E-state index contributed by atoms with van der Waals surface area (Å²) in [5.41, 5.74) is 5.88. The average molecular weight is 345 g/mol. The van der Waals surface area contributed by atoms with Gasteiger partial charge in [0.1, 0.15) is 11.9 Å². The number of H-pyrrole nitrogens is 1. The van der Waals surface area contributed by atoms with E-state index in [0.717, 1.165) is 25.5 Å². The number of carbonyl (C=O) groups is 2. The van der Waals surface area contributed by atoms with Crippen molar-refractivity contribution in [2.45, 2.75) is 33.6 Å². The molecule has 23 heavy (non-hydrogen) atoms. The highest BCUT2D eigenvalue weighted by Crippen LogP contribution is 2.11. The van der Waals surface area contributed by atoms with Gasteiger partial charge < -0.3 is 10.8 Å². The quantitative estimate of drug-likeness (QED) is 0.767. The van der Waals surface area contributed by atoms with Crippen LogP contribution >= 0.6 is 12.4 Å². The highest BCUT2D eigenvalue weighted by Gasteiger charge is 2.16. The van der Waals surface area contributed by atoms with Gasteiger partial charge in [-0.3, -0.25) is 19.5 Å². The number of primary amides is 1. The van der Waals surface area contributed by atoms with Crippen molar-refractivity contribution in [2.24, 2.45) is 11.7 Å². The minimum atomic E-state index is -0.833. The number of carboxylic acid groups (broad SMARTS) is 1. The number of rotatable bonds is 4. The van der Waals surface area contributed by atoms with Gasteiger partial charge in [0.2, 0.25) is 0 Å². The van der Waals surface area contributed by atoms with E-state index in [1.807, 2.05) is 0 Å². The third-order valence-corrected chi connectivity index (χ3v) is 2.86. The Morgan fingerprint density at radius 1 is 1.43 bits per heavy atom. The molecule has 0 aliphatic rings. The van der Waals surface area contributed by atoms with Crippen molar-refractivity contribution in [2.75, 3.05) is 0 Å². The van der Waals surface area contributed by atoms with Crippen LogP contribution in [0.4, 0.5) is 0 Å². The Hall–Kier alpha value is -2.35. The molecule has 9 heteroatoms. The standard InChI is InChI=1S/C12H16N4O2.C2H4O2.ClH/c1-7(2)3-4-8-5-9(17)10(11(13)18)12-14-6-15-16(8)12;1-2(3)4;/h5-7H,3-4H2,1-2H3,(H2,13,18)(H,14,15);1H3,(H,3,4);1H. The van der Waals surface area contributed by atoms with Crippen LogP contribution in [-0.4, -0.2) is 31.6 Å². The molecule has 0 saturated carbocycles. The molecule has 0 atom stereocenters. The highest BCUT2D eigenvalue weighted by atomic mass is 35.5. The Labute approximate surface area is 139 Å². The molecule has 128 valence electrons. The summed E-state index contributed by atoms with van der Waals surface area (Å²) in [6, 6.07) is 1.45. The highest BCUT2D eigenvalue weighted by molar-refractivity contribution is 5.98. The van der Waals surface area contributed by atoms with Gasteiger partial charge in [-0.25, -0.2) is 9.50 Å². The Kier molecular flexibility index (Phi) is 8.03. The molecule has 1 amide bonds. The lowest BCUT2D eigenvalue weighted by atomic mass is 10.1. The molecule has 4 N–H and O–H groups in total. The van der Waals surface area contributed by atoms with E-state index in [4.69, 9.17) is 15.6 Å². The van der Waals surface area contributed by atoms with E-state index in [2.05, 4.69) is 23.9 Å². The van der Waals surface area contributed by atoms with Gasteiger partial charge in [0, 0.05) is 18.7 Å². The number of hydrogen-bond donors (Lipinski definition) is 3. The maximum atomic E-state index is 11.9. The molecule has 0 aliphatic carbocycles. The van der Waals surface area contributed by atoms with Crippen molar-refractivity contribution >= 4 is 29.9 Å². The number of fused-ring (bicyclic) bond motifs is 1. The third kappa shape index (κ3) is 5.74. The van der Waals surface area contributed by atoms with Crippen LogP contribution in [0.1, 0.15) is 43.2 Å². The summed E-state index contributed by atoms with van der Waals surface area (Å²) in [5, 5.41) is 10.3. The number of nitrogens with zero attached hydrogens (tertiary/aromatic N) is 2.